The van der Waals surface area contributed by atoms with Gasteiger partial charge in [-0.1, -0.05) is 31.4 Å². The fourth-order valence-corrected chi connectivity index (χ4v) is 3.18. The third-order valence-corrected chi connectivity index (χ3v) is 4.61. The Balaban J connectivity index is 1.52. The lowest BCUT2D eigenvalue weighted by Crippen LogP contribution is -2.36. The molecule has 0 atom stereocenters. The smallest absolute Gasteiger partial charge is 0.251 e. The van der Waals surface area contributed by atoms with Gasteiger partial charge in [0.25, 0.3) is 5.91 Å². The van der Waals surface area contributed by atoms with Crippen molar-refractivity contribution in [3.63, 3.8) is 0 Å². The summed E-state index contributed by atoms with van der Waals surface area (Å²) in [5.74, 6) is 0.0672. The maximum Gasteiger partial charge on any atom is 0.251 e. The van der Waals surface area contributed by atoms with Crippen molar-refractivity contribution in [3.05, 3.63) is 65.5 Å². The summed E-state index contributed by atoms with van der Waals surface area (Å²) in [4.78, 5) is 16.3. The van der Waals surface area contributed by atoms with Crippen molar-refractivity contribution in [1.29, 1.82) is 0 Å². The fraction of sp³-hybridized carbons (Fsp3) is 0.400. The molecule has 1 aliphatic carbocycles. The zero-order valence-electron chi connectivity index (χ0n) is 13.5. The molecule has 0 aliphatic heterocycles. The van der Waals surface area contributed by atoms with E-state index in [0.717, 1.165) is 31.2 Å². The van der Waals surface area contributed by atoms with Crippen LogP contribution in [0.3, 0.4) is 0 Å². The number of rotatable bonds is 5. The summed E-state index contributed by atoms with van der Waals surface area (Å²) in [7, 11) is 0. The van der Waals surface area contributed by atoms with Gasteiger partial charge in [-0.05, 0) is 61.1 Å². The molecule has 1 amide bonds. The highest BCUT2D eigenvalue weighted by molar-refractivity contribution is 5.94. The number of benzene rings is 1. The van der Waals surface area contributed by atoms with Crippen molar-refractivity contribution in [3.8, 4) is 0 Å². The monoisotopic (exact) mass is 308 g/mol. The van der Waals surface area contributed by atoms with Crippen molar-refractivity contribution < 1.29 is 4.79 Å². The van der Waals surface area contributed by atoms with E-state index in [-0.39, 0.29) is 5.91 Å². The average Bonchev–Trinajstić information content (AvgIpc) is 2.62. The van der Waals surface area contributed by atoms with Gasteiger partial charge < -0.3 is 5.32 Å². The highest BCUT2D eigenvalue weighted by Crippen LogP contribution is 2.18. The van der Waals surface area contributed by atoms with Crippen LogP contribution < -0.4 is 5.32 Å². The lowest BCUT2D eigenvalue weighted by molar-refractivity contribution is 0.0927. The van der Waals surface area contributed by atoms with Crippen LogP contribution in [0.25, 0.3) is 0 Å². The quantitative estimate of drug-likeness (QED) is 0.909. The Hall–Kier alpha value is -2.16. The Morgan fingerprint density at radius 2 is 1.52 bits per heavy atom. The number of aromatic nitrogens is 1. The molecular formula is C20H24N2O. The summed E-state index contributed by atoms with van der Waals surface area (Å²) in [5.41, 5.74) is 3.32. The summed E-state index contributed by atoms with van der Waals surface area (Å²) < 4.78 is 0. The topological polar surface area (TPSA) is 42.0 Å². The van der Waals surface area contributed by atoms with E-state index in [9.17, 15) is 4.79 Å². The Morgan fingerprint density at radius 1 is 0.913 bits per heavy atom. The minimum Gasteiger partial charge on any atom is -0.349 e. The van der Waals surface area contributed by atoms with Crippen molar-refractivity contribution >= 4 is 5.91 Å². The minimum atomic E-state index is 0.0672. The molecule has 0 bridgehead atoms. The molecule has 0 radical (unpaired) electrons. The molecule has 0 unspecified atom stereocenters. The van der Waals surface area contributed by atoms with Gasteiger partial charge in [-0.2, -0.15) is 0 Å². The van der Waals surface area contributed by atoms with Gasteiger partial charge in [0.15, 0.2) is 0 Å². The Labute approximate surface area is 138 Å². The molecule has 1 aromatic heterocycles. The van der Waals surface area contributed by atoms with Gasteiger partial charge in [-0.3, -0.25) is 9.78 Å². The molecular weight excluding hydrogens is 284 g/mol. The SMILES string of the molecule is O=C(NC1CCCCC1)c1ccc(CCc2ccncc2)cc1. The molecule has 3 rings (SSSR count). The molecule has 0 saturated heterocycles. The number of nitrogens with one attached hydrogen (secondary N) is 1. The van der Waals surface area contributed by atoms with Crippen LogP contribution in [0.5, 0.6) is 0 Å². The predicted molar refractivity (Wildman–Crippen MR) is 92.4 cm³/mol. The van der Waals surface area contributed by atoms with Gasteiger partial charge in [0.05, 0.1) is 0 Å². The summed E-state index contributed by atoms with van der Waals surface area (Å²) >= 11 is 0. The normalized spacial score (nSPS) is 15.3. The van der Waals surface area contributed by atoms with Gasteiger partial charge in [0.2, 0.25) is 0 Å². The first-order chi connectivity index (χ1) is 11.3. The summed E-state index contributed by atoms with van der Waals surface area (Å²) in [6.07, 6.45) is 11.6. The van der Waals surface area contributed by atoms with Crippen molar-refractivity contribution in [1.82, 2.24) is 10.3 Å². The average molecular weight is 308 g/mol. The summed E-state index contributed by atoms with van der Waals surface area (Å²) in [5, 5.41) is 3.17. The van der Waals surface area contributed by atoms with Crippen LogP contribution in [0.15, 0.2) is 48.8 Å². The Morgan fingerprint density at radius 3 is 2.17 bits per heavy atom. The third kappa shape index (κ3) is 4.65. The molecule has 0 spiro atoms. The Kier molecular flexibility index (Phi) is 5.41. The number of hydrogen-bond acceptors (Lipinski definition) is 2. The van der Waals surface area contributed by atoms with E-state index in [1.54, 1.807) is 0 Å². The molecule has 1 fully saturated rings. The van der Waals surface area contributed by atoms with Gasteiger partial charge >= 0.3 is 0 Å². The molecule has 120 valence electrons. The molecule has 1 aromatic carbocycles. The van der Waals surface area contributed by atoms with Crippen LogP contribution in [0.4, 0.5) is 0 Å². The fourth-order valence-electron chi connectivity index (χ4n) is 3.18. The predicted octanol–water partition coefficient (Wildman–Crippen LogP) is 3.93. The molecule has 3 nitrogen and oxygen atoms in total. The van der Waals surface area contributed by atoms with Crippen LogP contribution in [0.2, 0.25) is 0 Å². The number of carbonyl (C=O) groups excluding carboxylic acids is 1. The third-order valence-electron chi connectivity index (χ3n) is 4.61. The van der Waals surface area contributed by atoms with Crippen LogP contribution in [0.1, 0.15) is 53.6 Å². The highest BCUT2D eigenvalue weighted by Gasteiger charge is 2.16. The van der Waals surface area contributed by atoms with Crippen molar-refractivity contribution in [2.75, 3.05) is 0 Å². The van der Waals surface area contributed by atoms with Gasteiger partial charge in [0, 0.05) is 24.0 Å². The number of nitrogens with zero attached hydrogens (tertiary/aromatic N) is 1. The first-order valence-corrected chi connectivity index (χ1v) is 8.60. The second-order valence-corrected chi connectivity index (χ2v) is 6.36. The number of aryl methyl sites for hydroxylation is 2. The van der Waals surface area contributed by atoms with Gasteiger partial charge in [-0.15, -0.1) is 0 Å². The van der Waals surface area contributed by atoms with E-state index in [0.29, 0.717) is 6.04 Å². The van der Waals surface area contributed by atoms with E-state index < -0.39 is 0 Å². The molecule has 1 aliphatic rings. The van der Waals surface area contributed by atoms with E-state index in [1.165, 1.54) is 30.4 Å². The Bertz CT molecular complexity index is 616. The lowest BCUT2D eigenvalue weighted by Gasteiger charge is -2.22. The minimum absolute atomic E-state index is 0.0672. The zero-order valence-corrected chi connectivity index (χ0v) is 13.5. The highest BCUT2D eigenvalue weighted by atomic mass is 16.1. The summed E-state index contributed by atoms with van der Waals surface area (Å²) in [6.45, 7) is 0. The van der Waals surface area contributed by atoms with Crippen LogP contribution in [-0.4, -0.2) is 16.9 Å². The maximum absolute atomic E-state index is 12.3. The van der Waals surface area contributed by atoms with E-state index >= 15 is 0 Å². The van der Waals surface area contributed by atoms with Gasteiger partial charge in [0.1, 0.15) is 0 Å². The number of hydrogen-bond donors (Lipinski definition) is 1. The standard InChI is InChI=1S/C20H24N2O/c23-20(22-19-4-2-1-3-5-19)18-10-8-16(9-11-18)6-7-17-12-14-21-15-13-17/h8-15,19H,1-7H2,(H,22,23). The molecule has 1 heterocycles. The second kappa shape index (κ2) is 7.91. The first kappa shape index (κ1) is 15.7. The number of carbonyl (C=O) groups is 1. The van der Waals surface area contributed by atoms with Crippen molar-refractivity contribution in [2.45, 2.75) is 51.0 Å². The molecule has 2 aromatic rings. The molecule has 1 N–H and O–H groups in total. The first-order valence-electron chi connectivity index (χ1n) is 8.60. The van der Waals surface area contributed by atoms with Crippen molar-refractivity contribution in [2.24, 2.45) is 0 Å². The van der Waals surface area contributed by atoms with Gasteiger partial charge in [-0.25, -0.2) is 0 Å². The van der Waals surface area contributed by atoms with E-state index in [1.807, 2.05) is 36.7 Å². The van der Waals surface area contributed by atoms with Crippen LogP contribution in [-0.2, 0) is 12.8 Å². The molecule has 23 heavy (non-hydrogen) atoms. The van der Waals surface area contributed by atoms with E-state index in [4.69, 9.17) is 0 Å². The number of amides is 1. The second-order valence-electron chi connectivity index (χ2n) is 6.36. The molecule has 1 saturated carbocycles. The number of pyridine rings is 1. The largest absolute Gasteiger partial charge is 0.349 e. The van der Waals surface area contributed by atoms with E-state index in [2.05, 4.69) is 22.4 Å². The molecule has 3 heteroatoms. The zero-order chi connectivity index (χ0) is 15.9. The van der Waals surface area contributed by atoms with Crippen LogP contribution >= 0.6 is 0 Å². The van der Waals surface area contributed by atoms with Crippen LogP contribution in [0, 0.1) is 0 Å². The lowest BCUT2D eigenvalue weighted by atomic mass is 9.95. The maximum atomic E-state index is 12.3. The summed E-state index contributed by atoms with van der Waals surface area (Å²) in [6, 6.07) is 12.5.